The quantitative estimate of drug-likeness (QED) is 0.773. The minimum Gasteiger partial charge on any atom is -0.337 e. The molecule has 5 heteroatoms. The van der Waals surface area contributed by atoms with Gasteiger partial charge < -0.3 is 9.80 Å². The molecule has 0 spiro atoms. The summed E-state index contributed by atoms with van der Waals surface area (Å²) in [6.45, 7) is 3.99. The lowest BCUT2D eigenvalue weighted by Crippen LogP contribution is -2.37. The van der Waals surface area contributed by atoms with Crippen LogP contribution in [0.1, 0.15) is 23.7 Å². The molecule has 0 atom stereocenters. The van der Waals surface area contributed by atoms with Crippen molar-refractivity contribution in [2.45, 2.75) is 13.3 Å². The fourth-order valence-corrected chi connectivity index (χ4v) is 1.62. The molecule has 0 unspecified atom stereocenters. The molecule has 1 heterocycles. The molecule has 4 nitrogen and oxygen atoms in total. The fourth-order valence-electron chi connectivity index (χ4n) is 1.62. The number of rotatable bonds is 6. The summed E-state index contributed by atoms with van der Waals surface area (Å²) < 4.78 is 13.5. The van der Waals surface area contributed by atoms with Crippen molar-refractivity contribution < 1.29 is 9.18 Å². The molecular weight excluding hydrogens is 233 g/mol. The summed E-state index contributed by atoms with van der Waals surface area (Å²) >= 11 is 0. The Balaban J connectivity index is 2.79. The van der Waals surface area contributed by atoms with Gasteiger partial charge in [0.25, 0.3) is 5.91 Å². The van der Waals surface area contributed by atoms with Crippen molar-refractivity contribution in [2.24, 2.45) is 0 Å². The molecule has 1 aromatic rings. The van der Waals surface area contributed by atoms with Crippen LogP contribution in [0.4, 0.5) is 4.39 Å². The first-order valence-electron chi connectivity index (χ1n) is 6.09. The van der Waals surface area contributed by atoms with Crippen LogP contribution >= 0.6 is 0 Å². The number of hydrogen-bond donors (Lipinski definition) is 0. The molecule has 100 valence electrons. The first-order chi connectivity index (χ1) is 8.56. The van der Waals surface area contributed by atoms with E-state index < -0.39 is 5.82 Å². The molecule has 0 N–H and O–H groups in total. The van der Waals surface area contributed by atoms with E-state index in [2.05, 4.69) is 4.98 Å². The smallest absolute Gasteiger partial charge is 0.256 e. The Kier molecular flexibility index (Phi) is 5.71. The van der Waals surface area contributed by atoms with Gasteiger partial charge in [-0.2, -0.15) is 0 Å². The number of amides is 1. The van der Waals surface area contributed by atoms with Crippen LogP contribution < -0.4 is 0 Å². The van der Waals surface area contributed by atoms with Crippen LogP contribution in [0.3, 0.4) is 0 Å². The standard InChI is InChI=1S/C13H20FN3O/c1-4-7-17(9-8-16(2)3)13(18)11-5-6-15-10-12(11)14/h5-6,10H,4,7-9H2,1-3H3. The number of nitrogens with zero attached hydrogens (tertiary/aromatic N) is 3. The first kappa shape index (κ1) is 14.6. The van der Waals surface area contributed by atoms with Crippen molar-refractivity contribution >= 4 is 5.91 Å². The maximum absolute atomic E-state index is 13.5. The average Bonchev–Trinajstić information content (AvgIpc) is 2.34. The monoisotopic (exact) mass is 253 g/mol. The average molecular weight is 253 g/mol. The molecule has 1 aromatic heterocycles. The largest absolute Gasteiger partial charge is 0.337 e. The van der Waals surface area contributed by atoms with Crippen LogP contribution in [-0.4, -0.2) is 54.4 Å². The van der Waals surface area contributed by atoms with Crippen molar-refractivity contribution in [3.05, 3.63) is 29.8 Å². The van der Waals surface area contributed by atoms with E-state index in [9.17, 15) is 9.18 Å². The van der Waals surface area contributed by atoms with E-state index in [0.717, 1.165) is 19.2 Å². The van der Waals surface area contributed by atoms with Gasteiger partial charge in [0.15, 0.2) is 5.82 Å². The predicted octanol–water partition coefficient (Wildman–Crippen LogP) is 1.63. The highest BCUT2D eigenvalue weighted by Gasteiger charge is 2.18. The van der Waals surface area contributed by atoms with Gasteiger partial charge in [-0.05, 0) is 26.6 Å². The van der Waals surface area contributed by atoms with Crippen LogP contribution in [0.15, 0.2) is 18.5 Å². The van der Waals surface area contributed by atoms with Gasteiger partial charge in [-0.25, -0.2) is 4.39 Å². The lowest BCUT2D eigenvalue weighted by molar-refractivity contribution is 0.0740. The Morgan fingerprint density at radius 3 is 2.61 bits per heavy atom. The van der Waals surface area contributed by atoms with Crippen LogP contribution in [0, 0.1) is 5.82 Å². The Morgan fingerprint density at radius 2 is 2.06 bits per heavy atom. The van der Waals surface area contributed by atoms with Crippen molar-refractivity contribution in [1.29, 1.82) is 0 Å². The lowest BCUT2D eigenvalue weighted by atomic mass is 10.2. The van der Waals surface area contributed by atoms with E-state index in [0.29, 0.717) is 13.1 Å². The second-order valence-corrected chi connectivity index (χ2v) is 4.45. The Labute approximate surface area is 107 Å². The molecule has 0 saturated heterocycles. The van der Waals surface area contributed by atoms with Gasteiger partial charge in [0.05, 0.1) is 11.8 Å². The summed E-state index contributed by atoms with van der Waals surface area (Å²) in [7, 11) is 3.89. The minimum atomic E-state index is -0.562. The number of hydrogen-bond acceptors (Lipinski definition) is 3. The van der Waals surface area contributed by atoms with Gasteiger partial charge in [0.1, 0.15) is 0 Å². The topological polar surface area (TPSA) is 36.4 Å². The predicted molar refractivity (Wildman–Crippen MR) is 68.9 cm³/mol. The number of likely N-dealkylation sites (N-methyl/N-ethyl adjacent to an activating group) is 1. The van der Waals surface area contributed by atoms with Gasteiger partial charge >= 0.3 is 0 Å². The molecule has 0 fully saturated rings. The third kappa shape index (κ3) is 4.07. The maximum atomic E-state index is 13.5. The van der Waals surface area contributed by atoms with Gasteiger partial charge in [0.2, 0.25) is 0 Å². The van der Waals surface area contributed by atoms with E-state index in [1.807, 2.05) is 25.9 Å². The zero-order valence-electron chi connectivity index (χ0n) is 11.2. The Hall–Kier alpha value is -1.49. The van der Waals surface area contributed by atoms with E-state index in [1.54, 1.807) is 4.90 Å². The van der Waals surface area contributed by atoms with Gasteiger partial charge in [-0.1, -0.05) is 6.92 Å². The summed E-state index contributed by atoms with van der Waals surface area (Å²) in [4.78, 5) is 19.5. The molecule has 0 bridgehead atoms. The minimum absolute atomic E-state index is 0.0946. The second-order valence-electron chi connectivity index (χ2n) is 4.45. The number of pyridine rings is 1. The van der Waals surface area contributed by atoms with Crippen molar-refractivity contribution in [1.82, 2.24) is 14.8 Å². The van der Waals surface area contributed by atoms with E-state index in [1.165, 1.54) is 12.3 Å². The van der Waals surface area contributed by atoms with Crippen LogP contribution in [0.25, 0.3) is 0 Å². The number of halogens is 1. The Morgan fingerprint density at radius 1 is 1.33 bits per heavy atom. The van der Waals surface area contributed by atoms with E-state index >= 15 is 0 Å². The van der Waals surface area contributed by atoms with Crippen LogP contribution in [0.2, 0.25) is 0 Å². The molecule has 0 aliphatic carbocycles. The molecule has 0 aliphatic heterocycles. The highest BCUT2D eigenvalue weighted by Crippen LogP contribution is 2.09. The van der Waals surface area contributed by atoms with Gasteiger partial charge in [-0.15, -0.1) is 0 Å². The van der Waals surface area contributed by atoms with E-state index in [4.69, 9.17) is 0 Å². The number of carbonyl (C=O) groups excluding carboxylic acids is 1. The third-order valence-electron chi connectivity index (χ3n) is 2.60. The summed E-state index contributed by atoms with van der Waals surface area (Å²) in [6, 6.07) is 1.43. The maximum Gasteiger partial charge on any atom is 0.256 e. The molecule has 0 aromatic carbocycles. The lowest BCUT2D eigenvalue weighted by Gasteiger charge is -2.24. The highest BCUT2D eigenvalue weighted by molar-refractivity contribution is 5.94. The molecule has 1 rings (SSSR count). The molecule has 0 radical (unpaired) electrons. The molecular formula is C13H20FN3O. The summed E-state index contributed by atoms with van der Waals surface area (Å²) in [5.41, 5.74) is 0.0946. The second kappa shape index (κ2) is 7.06. The Bertz CT molecular complexity index is 396. The van der Waals surface area contributed by atoms with Crippen LogP contribution in [-0.2, 0) is 0 Å². The fraction of sp³-hybridized carbons (Fsp3) is 0.538. The number of aromatic nitrogens is 1. The van der Waals surface area contributed by atoms with Crippen molar-refractivity contribution in [2.75, 3.05) is 33.7 Å². The zero-order valence-corrected chi connectivity index (χ0v) is 11.2. The van der Waals surface area contributed by atoms with Gasteiger partial charge in [-0.3, -0.25) is 9.78 Å². The molecule has 0 aliphatic rings. The van der Waals surface area contributed by atoms with Crippen LogP contribution in [0.5, 0.6) is 0 Å². The summed E-state index contributed by atoms with van der Waals surface area (Å²) in [6.07, 6.45) is 3.36. The summed E-state index contributed by atoms with van der Waals surface area (Å²) in [5, 5.41) is 0. The van der Waals surface area contributed by atoms with Gasteiger partial charge in [0, 0.05) is 25.8 Å². The zero-order chi connectivity index (χ0) is 13.5. The molecule has 0 saturated carbocycles. The van der Waals surface area contributed by atoms with Crippen molar-refractivity contribution in [3.8, 4) is 0 Å². The normalized spacial score (nSPS) is 10.7. The van der Waals surface area contributed by atoms with E-state index in [-0.39, 0.29) is 11.5 Å². The molecule has 1 amide bonds. The first-order valence-corrected chi connectivity index (χ1v) is 6.09. The number of carbonyl (C=O) groups is 1. The highest BCUT2D eigenvalue weighted by atomic mass is 19.1. The summed E-state index contributed by atoms with van der Waals surface area (Å²) in [5.74, 6) is -0.827. The van der Waals surface area contributed by atoms with Crippen molar-refractivity contribution in [3.63, 3.8) is 0 Å². The molecule has 18 heavy (non-hydrogen) atoms. The third-order valence-corrected chi connectivity index (χ3v) is 2.60. The SMILES string of the molecule is CCCN(CCN(C)C)C(=O)c1ccncc1F.